The van der Waals surface area contributed by atoms with Gasteiger partial charge in [-0.1, -0.05) is 35.9 Å². The highest BCUT2D eigenvalue weighted by Crippen LogP contribution is 2.38. The van der Waals surface area contributed by atoms with Gasteiger partial charge in [0.25, 0.3) is 5.69 Å². The first-order valence-electron chi connectivity index (χ1n) is 9.56. The van der Waals surface area contributed by atoms with Crippen LogP contribution in [0.5, 0.6) is 5.75 Å². The van der Waals surface area contributed by atoms with Gasteiger partial charge in [-0.3, -0.25) is 10.1 Å². The Balaban J connectivity index is 1.91. The third-order valence-electron chi connectivity index (χ3n) is 5.02. The van der Waals surface area contributed by atoms with E-state index < -0.39 is 11.0 Å². The number of anilines is 1. The standard InChI is InChI=1S/C23H19ClN4O3/c1-13-9-10-25-20(11-13)27-21(16-6-8-18(24)19(12-16)28(30)31)17-7-5-15-4-3-14(2)26-22(15)23(17)29/h3-12,21,29H,1-2H3,(H,25,27). The molecule has 2 aromatic heterocycles. The van der Waals surface area contributed by atoms with Crippen LogP contribution in [0.25, 0.3) is 10.9 Å². The number of nitro groups is 1. The number of phenolic OH excluding ortho intramolecular Hbond substituents is 1. The van der Waals surface area contributed by atoms with Crippen LogP contribution in [0.4, 0.5) is 11.5 Å². The maximum absolute atomic E-state index is 11.4. The maximum atomic E-state index is 11.4. The normalized spacial score (nSPS) is 12.0. The lowest BCUT2D eigenvalue weighted by Crippen LogP contribution is -2.14. The van der Waals surface area contributed by atoms with Crippen molar-refractivity contribution in [1.29, 1.82) is 0 Å². The summed E-state index contributed by atoms with van der Waals surface area (Å²) < 4.78 is 0. The maximum Gasteiger partial charge on any atom is 0.288 e. The number of benzene rings is 2. The summed E-state index contributed by atoms with van der Waals surface area (Å²) in [5.41, 5.74) is 3.10. The Morgan fingerprint density at radius 2 is 1.87 bits per heavy atom. The summed E-state index contributed by atoms with van der Waals surface area (Å²) in [5.74, 6) is 0.572. The van der Waals surface area contributed by atoms with Gasteiger partial charge in [-0.2, -0.15) is 0 Å². The molecule has 1 unspecified atom stereocenters. The van der Waals surface area contributed by atoms with Crippen molar-refractivity contribution in [2.24, 2.45) is 0 Å². The number of aromatic nitrogens is 2. The van der Waals surface area contributed by atoms with E-state index in [-0.39, 0.29) is 16.5 Å². The summed E-state index contributed by atoms with van der Waals surface area (Å²) in [6, 6.07) is 15.1. The molecular weight excluding hydrogens is 416 g/mol. The minimum Gasteiger partial charge on any atom is -0.505 e. The zero-order valence-corrected chi connectivity index (χ0v) is 17.6. The molecule has 2 N–H and O–H groups in total. The van der Waals surface area contributed by atoms with Crippen molar-refractivity contribution in [3.8, 4) is 5.75 Å². The van der Waals surface area contributed by atoms with E-state index >= 15 is 0 Å². The largest absolute Gasteiger partial charge is 0.505 e. The number of fused-ring (bicyclic) bond motifs is 1. The number of nitrogens with one attached hydrogen (secondary N) is 1. The van der Waals surface area contributed by atoms with Crippen molar-refractivity contribution in [3.05, 3.63) is 98.3 Å². The van der Waals surface area contributed by atoms with Crippen molar-refractivity contribution >= 4 is 34.0 Å². The first-order chi connectivity index (χ1) is 14.8. The molecule has 0 radical (unpaired) electrons. The number of hydrogen-bond donors (Lipinski definition) is 2. The highest BCUT2D eigenvalue weighted by atomic mass is 35.5. The van der Waals surface area contributed by atoms with Crippen molar-refractivity contribution in [2.45, 2.75) is 19.9 Å². The summed E-state index contributed by atoms with van der Waals surface area (Å²) >= 11 is 6.02. The van der Waals surface area contributed by atoms with Gasteiger partial charge in [0, 0.05) is 28.9 Å². The number of aromatic hydroxyl groups is 1. The van der Waals surface area contributed by atoms with E-state index in [1.807, 2.05) is 44.2 Å². The number of nitro benzene ring substituents is 1. The third-order valence-corrected chi connectivity index (χ3v) is 5.34. The Bertz CT molecular complexity index is 1310. The van der Waals surface area contributed by atoms with Gasteiger partial charge in [0.1, 0.15) is 22.1 Å². The van der Waals surface area contributed by atoms with E-state index in [0.717, 1.165) is 16.6 Å². The topological polar surface area (TPSA) is 101 Å². The second-order valence-electron chi connectivity index (χ2n) is 7.29. The number of halogens is 1. The SMILES string of the molecule is Cc1ccnc(NC(c2ccc(Cl)c([N+](=O)[O-])c2)c2ccc3ccc(C)nc3c2O)c1. The fourth-order valence-electron chi connectivity index (χ4n) is 3.47. The lowest BCUT2D eigenvalue weighted by atomic mass is 9.95. The highest BCUT2D eigenvalue weighted by molar-refractivity contribution is 6.32. The van der Waals surface area contributed by atoms with Crippen molar-refractivity contribution in [3.63, 3.8) is 0 Å². The van der Waals surface area contributed by atoms with E-state index in [9.17, 15) is 15.2 Å². The highest BCUT2D eigenvalue weighted by Gasteiger charge is 2.24. The van der Waals surface area contributed by atoms with E-state index in [2.05, 4.69) is 15.3 Å². The average Bonchev–Trinajstić information content (AvgIpc) is 2.73. The molecule has 0 saturated heterocycles. The van der Waals surface area contributed by atoms with Gasteiger partial charge in [-0.15, -0.1) is 0 Å². The van der Waals surface area contributed by atoms with Crippen LogP contribution in [-0.4, -0.2) is 20.0 Å². The van der Waals surface area contributed by atoms with Crippen LogP contribution in [0.3, 0.4) is 0 Å². The molecule has 8 heteroatoms. The van der Waals surface area contributed by atoms with E-state index in [1.54, 1.807) is 18.3 Å². The minimum atomic E-state index is -0.628. The first kappa shape index (κ1) is 20.6. The van der Waals surface area contributed by atoms with Crippen molar-refractivity contribution in [1.82, 2.24) is 9.97 Å². The summed E-state index contributed by atoms with van der Waals surface area (Å²) in [5, 5.41) is 26.7. The van der Waals surface area contributed by atoms with Gasteiger partial charge < -0.3 is 10.4 Å². The Labute approximate surface area is 183 Å². The molecule has 0 fully saturated rings. The molecule has 0 aliphatic heterocycles. The van der Waals surface area contributed by atoms with Crippen LogP contribution >= 0.6 is 11.6 Å². The molecule has 4 aromatic rings. The predicted molar refractivity (Wildman–Crippen MR) is 121 cm³/mol. The Morgan fingerprint density at radius 1 is 1.10 bits per heavy atom. The fourth-order valence-corrected chi connectivity index (χ4v) is 3.66. The molecule has 7 nitrogen and oxygen atoms in total. The van der Waals surface area contributed by atoms with Crippen molar-refractivity contribution < 1.29 is 10.0 Å². The van der Waals surface area contributed by atoms with Crippen LogP contribution < -0.4 is 5.32 Å². The summed E-state index contributed by atoms with van der Waals surface area (Å²) in [6.45, 7) is 3.79. The smallest absolute Gasteiger partial charge is 0.288 e. The van der Waals surface area contributed by atoms with Crippen LogP contribution in [-0.2, 0) is 0 Å². The number of phenols is 1. The van der Waals surface area contributed by atoms with Crippen molar-refractivity contribution in [2.75, 3.05) is 5.32 Å². The molecule has 0 bridgehead atoms. The molecule has 0 aliphatic carbocycles. The molecular formula is C23H19ClN4O3. The molecule has 31 heavy (non-hydrogen) atoms. The van der Waals surface area contributed by atoms with Gasteiger partial charge in [0.15, 0.2) is 0 Å². The van der Waals surface area contributed by atoms with Gasteiger partial charge in [-0.25, -0.2) is 9.97 Å². The van der Waals surface area contributed by atoms with E-state index in [0.29, 0.717) is 22.5 Å². The quantitative estimate of drug-likeness (QED) is 0.308. The third kappa shape index (κ3) is 4.13. The molecule has 0 saturated carbocycles. The predicted octanol–water partition coefficient (Wildman–Crippen LogP) is 5.72. The Hall–Kier alpha value is -3.71. The minimum absolute atomic E-state index is 0.00366. The lowest BCUT2D eigenvalue weighted by molar-refractivity contribution is -0.384. The van der Waals surface area contributed by atoms with Gasteiger partial charge >= 0.3 is 0 Å². The van der Waals surface area contributed by atoms with Gasteiger partial charge in [-0.05, 0) is 49.2 Å². The number of pyridine rings is 2. The second kappa shape index (κ2) is 8.20. The summed E-state index contributed by atoms with van der Waals surface area (Å²) in [6.07, 6.45) is 1.67. The zero-order chi connectivity index (χ0) is 22.1. The summed E-state index contributed by atoms with van der Waals surface area (Å²) in [7, 11) is 0. The first-order valence-corrected chi connectivity index (χ1v) is 9.93. The van der Waals surface area contributed by atoms with Gasteiger partial charge in [0.05, 0.1) is 11.0 Å². The van der Waals surface area contributed by atoms with E-state index in [1.165, 1.54) is 12.1 Å². The number of nitrogens with zero attached hydrogens (tertiary/aromatic N) is 3. The molecule has 0 spiro atoms. The lowest BCUT2D eigenvalue weighted by Gasteiger charge is -2.22. The van der Waals surface area contributed by atoms with Crippen LogP contribution in [0.1, 0.15) is 28.4 Å². The van der Waals surface area contributed by atoms with Crippen LogP contribution in [0.2, 0.25) is 5.02 Å². The molecule has 0 amide bonds. The zero-order valence-electron chi connectivity index (χ0n) is 16.8. The van der Waals surface area contributed by atoms with Crippen LogP contribution in [0, 0.1) is 24.0 Å². The molecule has 1 atom stereocenters. The Kier molecular flexibility index (Phi) is 5.44. The van der Waals surface area contributed by atoms with E-state index in [4.69, 9.17) is 11.6 Å². The monoisotopic (exact) mass is 434 g/mol. The average molecular weight is 435 g/mol. The summed E-state index contributed by atoms with van der Waals surface area (Å²) in [4.78, 5) is 19.7. The fraction of sp³-hybridized carbons (Fsp3) is 0.130. The second-order valence-corrected chi connectivity index (χ2v) is 7.70. The number of hydrogen-bond acceptors (Lipinski definition) is 6. The molecule has 0 aliphatic rings. The number of rotatable bonds is 5. The number of aryl methyl sites for hydroxylation is 2. The molecule has 4 rings (SSSR count). The molecule has 2 heterocycles. The molecule has 156 valence electrons. The molecule has 2 aromatic carbocycles. The van der Waals surface area contributed by atoms with Gasteiger partial charge in [0.2, 0.25) is 0 Å². The Morgan fingerprint density at radius 3 is 2.61 bits per heavy atom. The van der Waals surface area contributed by atoms with Crippen LogP contribution in [0.15, 0.2) is 60.8 Å².